The molecule has 0 unspecified atom stereocenters. The van der Waals surface area contributed by atoms with Crippen molar-refractivity contribution in [2.75, 3.05) is 19.6 Å². The Hall–Kier alpha value is -3.96. The van der Waals surface area contributed by atoms with Crippen molar-refractivity contribution in [2.24, 2.45) is 0 Å². The molecule has 1 aromatic carbocycles. The maximum atomic E-state index is 13.1. The summed E-state index contributed by atoms with van der Waals surface area (Å²) in [6.07, 6.45) is 1.21. The molecule has 1 aliphatic rings. The number of nitrogens with zero attached hydrogens (tertiary/aromatic N) is 6. The highest BCUT2D eigenvalue weighted by molar-refractivity contribution is 7.91. The lowest BCUT2D eigenvalue weighted by Gasteiger charge is -2.33. The van der Waals surface area contributed by atoms with E-state index in [1.807, 2.05) is 0 Å². The summed E-state index contributed by atoms with van der Waals surface area (Å²) in [6.45, 7) is -0.0531. The molecule has 1 saturated heterocycles. The van der Waals surface area contributed by atoms with E-state index >= 15 is 0 Å². The van der Waals surface area contributed by atoms with Crippen LogP contribution in [0.5, 0.6) is 0 Å². The van der Waals surface area contributed by atoms with Crippen molar-refractivity contribution in [3.8, 4) is 10.6 Å². The van der Waals surface area contributed by atoms with E-state index in [1.165, 1.54) is 25.3 Å². The first-order chi connectivity index (χ1) is 17.4. The number of carbonyl (C=O) groups is 2. The van der Waals surface area contributed by atoms with Gasteiger partial charge in [-0.2, -0.15) is 8.42 Å². The van der Waals surface area contributed by atoms with E-state index < -0.39 is 55.4 Å². The van der Waals surface area contributed by atoms with Crippen LogP contribution >= 0.6 is 22.9 Å². The number of amides is 2. The molecule has 37 heavy (non-hydrogen) atoms. The number of aromatic nitrogens is 4. The van der Waals surface area contributed by atoms with E-state index in [1.54, 1.807) is 0 Å². The van der Waals surface area contributed by atoms with Gasteiger partial charge in [0.05, 0.1) is 16.5 Å². The summed E-state index contributed by atoms with van der Waals surface area (Å²) in [6, 6.07) is 3.58. The average molecular weight is 570 g/mol. The molecular formula is C19H16ClN7O8S2. The quantitative estimate of drug-likeness (QED) is 0.311. The van der Waals surface area contributed by atoms with Crippen LogP contribution in [-0.2, 0) is 26.2 Å². The summed E-state index contributed by atoms with van der Waals surface area (Å²) in [5.74, 6) is -1.51. The van der Waals surface area contributed by atoms with Crippen molar-refractivity contribution in [3.05, 3.63) is 65.9 Å². The van der Waals surface area contributed by atoms with Gasteiger partial charge >= 0.3 is 5.69 Å². The third kappa shape index (κ3) is 5.13. The molecule has 0 saturated carbocycles. The number of sulfonamides is 1. The minimum atomic E-state index is -4.41. The lowest BCUT2D eigenvalue weighted by atomic mass is 10.2. The van der Waals surface area contributed by atoms with Crippen LogP contribution in [0.3, 0.4) is 0 Å². The van der Waals surface area contributed by atoms with Crippen molar-refractivity contribution in [1.29, 1.82) is 0 Å². The number of hydrogen-bond donors (Lipinski definition) is 1. The van der Waals surface area contributed by atoms with Crippen molar-refractivity contribution in [2.45, 2.75) is 17.8 Å². The number of rotatable bonds is 6. The predicted molar refractivity (Wildman–Crippen MR) is 129 cm³/mol. The molecule has 0 atom stereocenters. The highest BCUT2D eigenvalue weighted by Gasteiger charge is 2.38. The van der Waals surface area contributed by atoms with Gasteiger partial charge in [0.15, 0.2) is 0 Å². The molecule has 0 aliphatic carbocycles. The maximum absolute atomic E-state index is 13.1. The van der Waals surface area contributed by atoms with Crippen LogP contribution in [0.1, 0.15) is 5.56 Å². The standard InChI is InChI=1S/C19H16ClN7O8S2/c1-10-7-25(18(31)21-16(10)30)8-14(28)24-4-5-26(15(29)9-24)37(34,35)19-23-22-17(36-19)12-3-2-11(27(32)33)6-13(12)20/h2-3,6-7H,4-5,8-9H2,1H3,(H,21,30,31). The Morgan fingerprint density at radius 2 is 1.97 bits per heavy atom. The summed E-state index contributed by atoms with van der Waals surface area (Å²) in [5.41, 5.74) is -1.20. The number of benzene rings is 1. The monoisotopic (exact) mass is 569 g/mol. The summed E-state index contributed by atoms with van der Waals surface area (Å²) in [7, 11) is -4.41. The number of carbonyl (C=O) groups excluding carboxylic acids is 2. The molecule has 15 nitrogen and oxygen atoms in total. The number of nitro benzene ring substituents is 1. The van der Waals surface area contributed by atoms with Gasteiger partial charge in [0.25, 0.3) is 31.5 Å². The molecule has 1 aliphatic heterocycles. The molecule has 0 bridgehead atoms. The van der Waals surface area contributed by atoms with E-state index in [2.05, 4.69) is 15.2 Å². The Bertz CT molecular complexity index is 1660. The fourth-order valence-corrected chi connectivity index (χ4v) is 6.26. The minimum Gasteiger partial charge on any atom is -0.330 e. The lowest BCUT2D eigenvalue weighted by molar-refractivity contribution is -0.384. The topological polar surface area (TPSA) is 199 Å². The summed E-state index contributed by atoms with van der Waals surface area (Å²) in [5, 5.41) is 18.4. The van der Waals surface area contributed by atoms with Crippen LogP contribution < -0.4 is 11.2 Å². The van der Waals surface area contributed by atoms with Gasteiger partial charge in [0.1, 0.15) is 18.1 Å². The van der Waals surface area contributed by atoms with Gasteiger partial charge in [-0.3, -0.25) is 34.0 Å². The predicted octanol–water partition coefficient (Wildman–Crippen LogP) is -0.0152. The fraction of sp³-hybridized carbons (Fsp3) is 0.263. The summed E-state index contributed by atoms with van der Waals surface area (Å²) in [4.78, 5) is 62.2. The van der Waals surface area contributed by atoms with Crippen molar-refractivity contribution >= 4 is 50.5 Å². The second kappa shape index (κ2) is 9.83. The molecule has 3 heterocycles. The molecule has 4 rings (SSSR count). The summed E-state index contributed by atoms with van der Waals surface area (Å²) >= 11 is 6.70. The number of aromatic amines is 1. The fourth-order valence-electron chi connectivity index (χ4n) is 3.41. The van der Waals surface area contributed by atoms with Crippen molar-refractivity contribution in [3.63, 3.8) is 0 Å². The van der Waals surface area contributed by atoms with Gasteiger partial charge in [-0.25, -0.2) is 9.10 Å². The number of hydrogen-bond acceptors (Lipinski definition) is 11. The van der Waals surface area contributed by atoms with Gasteiger partial charge in [-0.05, 0) is 13.0 Å². The number of halogens is 1. The molecule has 3 aromatic rings. The van der Waals surface area contributed by atoms with Gasteiger partial charge in [-0.15, -0.1) is 10.2 Å². The Balaban J connectivity index is 1.48. The first-order valence-electron chi connectivity index (χ1n) is 10.3. The molecule has 2 amide bonds. The van der Waals surface area contributed by atoms with Crippen LogP contribution in [0.2, 0.25) is 5.02 Å². The van der Waals surface area contributed by atoms with Gasteiger partial charge in [0, 0.05) is 36.0 Å². The Kier molecular flexibility index (Phi) is 6.94. The second-order valence-electron chi connectivity index (χ2n) is 7.78. The third-order valence-electron chi connectivity index (χ3n) is 5.34. The van der Waals surface area contributed by atoms with Crippen molar-refractivity contribution in [1.82, 2.24) is 29.0 Å². The SMILES string of the molecule is Cc1cn(CC(=O)N2CCN(S(=O)(=O)c3nnc(-c4ccc([N+](=O)[O-])cc4Cl)s3)C(=O)C2)c(=O)[nH]c1=O. The Morgan fingerprint density at radius 3 is 2.62 bits per heavy atom. The molecule has 2 aromatic heterocycles. The first kappa shape index (κ1) is 26.1. The summed E-state index contributed by atoms with van der Waals surface area (Å²) < 4.78 is 27.2. The largest absolute Gasteiger partial charge is 0.330 e. The maximum Gasteiger partial charge on any atom is 0.328 e. The number of nitrogens with one attached hydrogen (secondary N) is 1. The zero-order valence-corrected chi connectivity index (χ0v) is 21.2. The number of H-pyrrole nitrogens is 1. The van der Waals surface area contributed by atoms with Crippen LogP contribution in [-0.4, -0.2) is 73.7 Å². The highest BCUT2D eigenvalue weighted by Crippen LogP contribution is 2.34. The Labute approximate surface area is 216 Å². The normalized spacial score (nSPS) is 14.2. The van der Waals surface area contributed by atoms with Crippen molar-refractivity contribution < 1.29 is 22.9 Å². The number of piperazine rings is 1. The molecule has 0 spiro atoms. The second-order valence-corrected chi connectivity index (χ2v) is 11.2. The molecule has 0 radical (unpaired) electrons. The van der Waals surface area contributed by atoms with E-state index in [9.17, 15) is 37.7 Å². The van der Waals surface area contributed by atoms with E-state index in [4.69, 9.17) is 11.6 Å². The third-order valence-corrected chi connectivity index (χ3v) is 8.77. The highest BCUT2D eigenvalue weighted by atomic mass is 35.5. The van der Waals surface area contributed by atoms with Gasteiger partial charge < -0.3 is 4.90 Å². The average Bonchev–Trinajstić information content (AvgIpc) is 3.33. The van der Waals surface area contributed by atoms with E-state index in [-0.39, 0.29) is 39.9 Å². The van der Waals surface area contributed by atoms with Gasteiger partial charge in [0.2, 0.25) is 5.91 Å². The molecule has 18 heteroatoms. The lowest BCUT2D eigenvalue weighted by Crippen LogP contribution is -2.54. The van der Waals surface area contributed by atoms with Crippen LogP contribution in [0.4, 0.5) is 5.69 Å². The number of aryl methyl sites for hydroxylation is 1. The first-order valence-corrected chi connectivity index (χ1v) is 12.9. The molecule has 1 N–H and O–H groups in total. The van der Waals surface area contributed by atoms with E-state index in [0.717, 1.165) is 15.5 Å². The van der Waals surface area contributed by atoms with E-state index in [0.29, 0.717) is 15.6 Å². The number of nitro groups is 1. The number of non-ortho nitro benzene ring substituents is 1. The molecule has 194 valence electrons. The van der Waals surface area contributed by atoms with Crippen LogP contribution in [0.25, 0.3) is 10.6 Å². The zero-order chi connectivity index (χ0) is 27.1. The molecule has 1 fully saturated rings. The van der Waals surface area contributed by atoms with Gasteiger partial charge in [-0.1, -0.05) is 22.9 Å². The van der Waals surface area contributed by atoms with Crippen LogP contribution in [0.15, 0.2) is 38.3 Å². The van der Waals surface area contributed by atoms with Crippen LogP contribution in [0, 0.1) is 17.0 Å². The molecular weight excluding hydrogens is 554 g/mol. The minimum absolute atomic E-state index is 0.0331. The Morgan fingerprint density at radius 1 is 1.24 bits per heavy atom. The smallest absolute Gasteiger partial charge is 0.328 e. The zero-order valence-electron chi connectivity index (χ0n) is 18.8.